The van der Waals surface area contributed by atoms with Crippen molar-refractivity contribution in [3.05, 3.63) is 47.8 Å². The number of esters is 1. The summed E-state index contributed by atoms with van der Waals surface area (Å²) in [7, 11) is 2.94. The lowest BCUT2D eigenvalue weighted by Crippen LogP contribution is -2.41. The zero-order chi connectivity index (χ0) is 26.5. The average molecular weight is 508 g/mol. The minimum absolute atomic E-state index is 0.0906. The number of aryl methyl sites for hydroxylation is 2. The van der Waals surface area contributed by atoms with Crippen molar-refractivity contribution >= 4 is 40.2 Å². The molecule has 0 radical (unpaired) electrons. The Morgan fingerprint density at radius 1 is 1.08 bits per heavy atom. The molecule has 0 aliphatic carbocycles. The summed E-state index contributed by atoms with van der Waals surface area (Å²) in [6, 6.07) is 9.83. The fourth-order valence-corrected chi connectivity index (χ4v) is 4.74. The summed E-state index contributed by atoms with van der Waals surface area (Å²) >= 11 is 0. The van der Waals surface area contributed by atoms with Gasteiger partial charge >= 0.3 is 5.97 Å². The van der Waals surface area contributed by atoms with Crippen LogP contribution in [0.5, 0.6) is 5.75 Å². The second-order valence-electron chi connectivity index (χ2n) is 9.17. The van der Waals surface area contributed by atoms with E-state index in [1.807, 2.05) is 35.2 Å². The molecule has 1 aromatic carbocycles. The Kier molecular flexibility index (Phi) is 7.95. The number of nitrogens with zero attached hydrogens (tertiary/aromatic N) is 3. The predicted octanol–water partition coefficient (Wildman–Crippen LogP) is 3.46. The minimum Gasteiger partial charge on any atom is -0.497 e. The molecular weight excluding hydrogens is 474 g/mol. The van der Waals surface area contributed by atoms with Crippen LogP contribution in [0.2, 0.25) is 0 Å². The lowest BCUT2D eigenvalue weighted by molar-refractivity contribution is -0.129. The molecule has 0 saturated carbocycles. The predicted molar refractivity (Wildman–Crippen MR) is 141 cm³/mol. The molecule has 1 aliphatic heterocycles. The van der Waals surface area contributed by atoms with Crippen LogP contribution in [0.15, 0.2) is 36.5 Å². The molecule has 3 aromatic rings. The molecule has 2 N–H and O–H groups in total. The number of nitrogens with one attached hydrogen (secondary N) is 2. The number of amides is 2. The number of ether oxygens (including phenoxy) is 2. The van der Waals surface area contributed by atoms with E-state index in [-0.39, 0.29) is 23.6 Å². The number of carbonyl (C=O) groups excluding carboxylic acids is 3. The van der Waals surface area contributed by atoms with Crippen LogP contribution in [0.25, 0.3) is 11.0 Å². The van der Waals surface area contributed by atoms with E-state index >= 15 is 0 Å². The third-order valence-electron chi connectivity index (χ3n) is 6.67. The van der Waals surface area contributed by atoms with Gasteiger partial charge in [0.25, 0.3) is 0 Å². The monoisotopic (exact) mass is 507 g/mol. The number of pyridine rings is 1. The van der Waals surface area contributed by atoms with Gasteiger partial charge in [-0.05, 0) is 43.0 Å². The average Bonchev–Trinajstić information content (AvgIpc) is 3.19. The van der Waals surface area contributed by atoms with Crippen LogP contribution in [0.3, 0.4) is 0 Å². The molecule has 4 rings (SSSR count). The number of carbonyl (C=O) groups is 3. The van der Waals surface area contributed by atoms with E-state index in [0.717, 1.165) is 29.8 Å². The number of hydrogen-bond donors (Lipinski definition) is 2. The van der Waals surface area contributed by atoms with Gasteiger partial charge in [-0.15, -0.1) is 0 Å². The topological polar surface area (TPSA) is 115 Å². The largest absolute Gasteiger partial charge is 0.497 e. The van der Waals surface area contributed by atoms with Crippen molar-refractivity contribution in [3.63, 3.8) is 0 Å². The van der Waals surface area contributed by atoms with Crippen LogP contribution >= 0.6 is 0 Å². The second kappa shape index (κ2) is 11.3. The molecule has 2 amide bonds. The van der Waals surface area contributed by atoms with E-state index in [2.05, 4.69) is 10.6 Å². The number of fused-ring (bicyclic) bond motifs is 1. The number of aromatic nitrogens is 2. The first-order chi connectivity index (χ1) is 17.8. The molecule has 3 heterocycles. The van der Waals surface area contributed by atoms with E-state index in [1.165, 1.54) is 14.0 Å². The number of piperidine rings is 1. The normalized spacial score (nSPS) is 13.9. The van der Waals surface area contributed by atoms with Crippen molar-refractivity contribution in [2.24, 2.45) is 0 Å². The number of hydrogen-bond acceptors (Lipinski definition) is 7. The first-order valence-electron chi connectivity index (χ1n) is 12.3. The molecule has 0 atom stereocenters. The lowest BCUT2D eigenvalue weighted by Gasteiger charge is -2.32. The highest BCUT2D eigenvalue weighted by Crippen LogP contribution is 2.33. The van der Waals surface area contributed by atoms with Gasteiger partial charge in [-0.1, -0.05) is 12.1 Å². The van der Waals surface area contributed by atoms with Gasteiger partial charge in [-0.2, -0.15) is 0 Å². The molecule has 37 heavy (non-hydrogen) atoms. The summed E-state index contributed by atoms with van der Waals surface area (Å²) in [6.45, 7) is 4.85. The fourth-order valence-electron chi connectivity index (χ4n) is 4.74. The summed E-state index contributed by atoms with van der Waals surface area (Å²) in [5.41, 5.74) is 3.06. The van der Waals surface area contributed by atoms with E-state index in [1.54, 1.807) is 24.8 Å². The van der Waals surface area contributed by atoms with E-state index < -0.39 is 5.97 Å². The van der Waals surface area contributed by atoms with Gasteiger partial charge in [0.1, 0.15) is 11.4 Å². The zero-order valence-electron chi connectivity index (χ0n) is 21.7. The maximum atomic E-state index is 12.9. The molecular formula is C27H33N5O5. The van der Waals surface area contributed by atoms with Crippen LogP contribution in [-0.4, -0.2) is 65.6 Å². The maximum Gasteiger partial charge on any atom is 0.356 e. The summed E-state index contributed by atoms with van der Waals surface area (Å²) in [6.07, 6.45) is 4.02. The molecule has 0 unspecified atom stereocenters. The van der Waals surface area contributed by atoms with Crippen molar-refractivity contribution in [3.8, 4) is 5.75 Å². The quantitative estimate of drug-likeness (QED) is 0.449. The summed E-state index contributed by atoms with van der Waals surface area (Å²) < 4.78 is 12.1. The molecule has 10 heteroatoms. The Balaban J connectivity index is 1.67. The standard InChI is InChI=1S/C27H33N5O5/c1-17(33)29-24-23-15-21(30-20-10-12-31(13-11-20)18(2)34)16-28-26(23)32(25(24)27(35)37-4)14-9-19-5-7-22(36-3)8-6-19/h5-8,15-16,20,30H,9-14H2,1-4H3,(H,29,33). The molecule has 0 bridgehead atoms. The van der Waals surface area contributed by atoms with Crippen LogP contribution < -0.4 is 15.4 Å². The maximum absolute atomic E-state index is 12.9. The SMILES string of the molecule is COC(=O)c1c(NC(C)=O)c2cc(NC3CCN(C(C)=O)CC3)cnc2n1CCc1ccc(OC)cc1. The molecule has 1 saturated heterocycles. The van der Waals surface area contributed by atoms with E-state index in [9.17, 15) is 14.4 Å². The molecule has 0 spiro atoms. The Morgan fingerprint density at radius 3 is 2.38 bits per heavy atom. The van der Waals surface area contributed by atoms with Crippen molar-refractivity contribution in [2.45, 2.75) is 45.7 Å². The van der Waals surface area contributed by atoms with Crippen LogP contribution in [0, 0.1) is 0 Å². The summed E-state index contributed by atoms with van der Waals surface area (Å²) in [5, 5.41) is 6.98. The fraction of sp³-hybridized carbons (Fsp3) is 0.407. The highest BCUT2D eigenvalue weighted by atomic mass is 16.5. The second-order valence-corrected chi connectivity index (χ2v) is 9.17. The Bertz CT molecular complexity index is 1290. The molecule has 10 nitrogen and oxygen atoms in total. The smallest absolute Gasteiger partial charge is 0.356 e. The Morgan fingerprint density at radius 2 is 1.78 bits per heavy atom. The van der Waals surface area contributed by atoms with Crippen LogP contribution in [0.1, 0.15) is 42.7 Å². The molecule has 196 valence electrons. The van der Waals surface area contributed by atoms with Gasteiger partial charge in [0.15, 0.2) is 5.69 Å². The van der Waals surface area contributed by atoms with Gasteiger partial charge in [-0.3, -0.25) is 9.59 Å². The number of benzene rings is 1. The third kappa shape index (κ3) is 5.84. The lowest BCUT2D eigenvalue weighted by atomic mass is 10.0. The highest BCUT2D eigenvalue weighted by molar-refractivity contribution is 6.11. The van der Waals surface area contributed by atoms with Crippen molar-refractivity contribution in [1.82, 2.24) is 14.5 Å². The first kappa shape index (κ1) is 26.0. The van der Waals surface area contributed by atoms with Gasteiger partial charge < -0.3 is 29.6 Å². The van der Waals surface area contributed by atoms with Crippen molar-refractivity contribution < 1.29 is 23.9 Å². The van der Waals surface area contributed by atoms with Gasteiger partial charge in [0.2, 0.25) is 11.8 Å². The van der Waals surface area contributed by atoms with Gasteiger partial charge in [0.05, 0.1) is 31.8 Å². The van der Waals surface area contributed by atoms with Crippen LogP contribution in [-0.2, 0) is 27.3 Å². The minimum atomic E-state index is -0.553. The number of methoxy groups -OCH3 is 2. The Labute approximate surface area is 215 Å². The third-order valence-corrected chi connectivity index (χ3v) is 6.67. The van der Waals surface area contributed by atoms with Gasteiger partial charge in [-0.25, -0.2) is 9.78 Å². The van der Waals surface area contributed by atoms with Crippen molar-refractivity contribution in [2.75, 3.05) is 37.9 Å². The Hall–Kier alpha value is -4.08. The molecule has 1 aliphatic rings. The van der Waals surface area contributed by atoms with Crippen molar-refractivity contribution in [1.29, 1.82) is 0 Å². The van der Waals surface area contributed by atoms with E-state index in [4.69, 9.17) is 14.5 Å². The van der Waals surface area contributed by atoms with Crippen LogP contribution in [0.4, 0.5) is 11.4 Å². The molecule has 2 aromatic heterocycles. The first-order valence-corrected chi connectivity index (χ1v) is 12.3. The number of anilines is 2. The molecule has 1 fully saturated rings. The highest BCUT2D eigenvalue weighted by Gasteiger charge is 2.26. The number of rotatable bonds is 8. The van der Waals surface area contributed by atoms with E-state index in [0.29, 0.717) is 42.8 Å². The zero-order valence-corrected chi connectivity index (χ0v) is 21.7. The summed E-state index contributed by atoms with van der Waals surface area (Å²) in [4.78, 5) is 43.2. The van der Waals surface area contributed by atoms with Gasteiger partial charge in [0, 0.05) is 44.9 Å². The number of likely N-dealkylation sites (tertiary alicyclic amines) is 1. The summed E-state index contributed by atoms with van der Waals surface area (Å²) in [5.74, 6) is 0.0109.